The highest BCUT2D eigenvalue weighted by Crippen LogP contribution is 2.34. The summed E-state index contributed by atoms with van der Waals surface area (Å²) < 4.78 is 1.99. The van der Waals surface area contributed by atoms with E-state index in [1.165, 1.54) is 12.1 Å². The third-order valence-electron chi connectivity index (χ3n) is 4.23. The summed E-state index contributed by atoms with van der Waals surface area (Å²) in [5.41, 5.74) is 6.98. The van der Waals surface area contributed by atoms with Crippen LogP contribution in [-0.2, 0) is 6.54 Å². The standard InChI is InChI=1S/C14H21N3O/c15-5-2-6-16-8-11-7-12(10-16)13-3-1-4-14(18)17(13)9-11/h1,3-4,11-12H,2,5-10,15H2/t11-,12-/m1/s1. The number of piperidine rings is 1. The van der Waals surface area contributed by atoms with Gasteiger partial charge in [0.25, 0.3) is 5.56 Å². The summed E-state index contributed by atoms with van der Waals surface area (Å²) in [6.45, 7) is 4.96. The molecule has 2 aliphatic rings. The molecule has 0 amide bonds. The molecule has 0 saturated carbocycles. The minimum absolute atomic E-state index is 0.164. The lowest BCUT2D eigenvalue weighted by molar-refractivity contribution is 0.120. The predicted octanol–water partition coefficient (Wildman–Crippen LogP) is 0.616. The molecular formula is C14H21N3O. The van der Waals surface area contributed by atoms with Crippen LogP contribution in [0.5, 0.6) is 0 Å². The number of fused-ring (bicyclic) bond motifs is 4. The van der Waals surface area contributed by atoms with Crippen LogP contribution < -0.4 is 11.3 Å². The van der Waals surface area contributed by atoms with Crippen molar-refractivity contribution in [1.82, 2.24) is 9.47 Å². The Balaban J connectivity index is 1.83. The Labute approximate surface area is 107 Å². The zero-order valence-corrected chi connectivity index (χ0v) is 10.7. The molecular weight excluding hydrogens is 226 g/mol. The molecule has 1 saturated heterocycles. The molecule has 3 heterocycles. The number of pyridine rings is 1. The van der Waals surface area contributed by atoms with E-state index in [0.29, 0.717) is 11.8 Å². The van der Waals surface area contributed by atoms with Gasteiger partial charge in [-0.3, -0.25) is 4.79 Å². The first-order valence-corrected chi connectivity index (χ1v) is 6.90. The van der Waals surface area contributed by atoms with Crippen molar-refractivity contribution in [2.24, 2.45) is 11.7 Å². The Morgan fingerprint density at radius 2 is 2.17 bits per heavy atom. The molecule has 4 heteroatoms. The smallest absolute Gasteiger partial charge is 0.250 e. The maximum atomic E-state index is 11.9. The maximum absolute atomic E-state index is 11.9. The second-order valence-corrected chi connectivity index (χ2v) is 5.60. The molecule has 18 heavy (non-hydrogen) atoms. The predicted molar refractivity (Wildman–Crippen MR) is 71.7 cm³/mol. The van der Waals surface area contributed by atoms with E-state index in [9.17, 15) is 4.79 Å². The molecule has 0 aliphatic carbocycles. The first-order valence-electron chi connectivity index (χ1n) is 6.90. The van der Waals surface area contributed by atoms with E-state index in [1.54, 1.807) is 6.07 Å². The zero-order chi connectivity index (χ0) is 12.5. The Morgan fingerprint density at radius 3 is 3.00 bits per heavy atom. The number of hydrogen-bond acceptors (Lipinski definition) is 3. The van der Waals surface area contributed by atoms with E-state index >= 15 is 0 Å². The number of nitrogens with two attached hydrogens (primary N) is 1. The molecule has 0 unspecified atom stereocenters. The number of aromatic nitrogens is 1. The van der Waals surface area contributed by atoms with E-state index < -0.39 is 0 Å². The molecule has 0 radical (unpaired) electrons. The number of nitrogens with zero attached hydrogens (tertiary/aromatic N) is 2. The van der Waals surface area contributed by atoms with Crippen molar-refractivity contribution in [3.8, 4) is 0 Å². The fourth-order valence-corrected chi connectivity index (χ4v) is 3.49. The first kappa shape index (κ1) is 11.9. The highest BCUT2D eigenvalue weighted by molar-refractivity contribution is 5.16. The summed E-state index contributed by atoms with van der Waals surface area (Å²) in [4.78, 5) is 14.4. The van der Waals surface area contributed by atoms with Crippen LogP contribution in [0.25, 0.3) is 0 Å². The molecule has 1 aromatic heterocycles. The van der Waals surface area contributed by atoms with Gasteiger partial charge in [-0.2, -0.15) is 0 Å². The lowest BCUT2D eigenvalue weighted by Crippen LogP contribution is -2.47. The van der Waals surface area contributed by atoms with Gasteiger partial charge >= 0.3 is 0 Å². The Kier molecular flexibility index (Phi) is 3.22. The second kappa shape index (κ2) is 4.86. The van der Waals surface area contributed by atoms with Crippen LogP contribution in [0, 0.1) is 5.92 Å². The minimum Gasteiger partial charge on any atom is -0.330 e. The van der Waals surface area contributed by atoms with Crippen molar-refractivity contribution in [3.05, 3.63) is 34.2 Å². The molecule has 4 nitrogen and oxygen atoms in total. The van der Waals surface area contributed by atoms with E-state index in [1.807, 2.05) is 10.6 Å². The third kappa shape index (κ3) is 2.10. The highest BCUT2D eigenvalue weighted by Gasteiger charge is 2.33. The van der Waals surface area contributed by atoms with Crippen LogP contribution in [0.1, 0.15) is 24.5 Å². The van der Waals surface area contributed by atoms with Crippen molar-refractivity contribution >= 4 is 0 Å². The van der Waals surface area contributed by atoms with Crippen LogP contribution in [0.3, 0.4) is 0 Å². The first-order chi connectivity index (χ1) is 8.78. The van der Waals surface area contributed by atoms with Crippen LogP contribution in [-0.4, -0.2) is 35.6 Å². The summed E-state index contributed by atoms with van der Waals surface area (Å²) in [6.07, 6.45) is 2.31. The fourth-order valence-electron chi connectivity index (χ4n) is 3.49. The lowest BCUT2D eigenvalue weighted by atomic mass is 9.83. The Bertz CT molecular complexity index is 482. The fraction of sp³-hybridized carbons (Fsp3) is 0.643. The molecule has 2 atom stereocenters. The van der Waals surface area contributed by atoms with E-state index in [4.69, 9.17) is 5.73 Å². The molecule has 2 N–H and O–H groups in total. The lowest BCUT2D eigenvalue weighted by Gasteiger charge is -2.42. The van der Waals surface area contributed by atoms with Crippen molar-refractivity contribution in [3.63, 3.8) is 0 Å². The van der Waals surface area contributed by atoms with Gasteiger partial charge in [-0.15, -0.1) is 0 Å². The van der Waals surface area contributed by atoms with Crippen molar-refractivity contribution in [1.29, 1.82) is 0 Å². The van der Waals surface area contributed by atoms with E-state index in [-0.39, 0.29) is 5.56 Å². The number of hydrogen-bond donors (Lipinski definition) is 1. The van der Waals surface area contributed by atoms with Crippen LogP contribution >= 0.6 is 0 Å². The van der Waals surface area contributed by atoms with Gasteiger partial charge in [0.15, 0.2) is 0 Å². The summed E-state index contributed by atoms with van der Waals surface area (Å²) in [5.74, 6) is 1.17. The average Bonchev–Trinajstić information content (AvgIpc) is 2.38. The molecule has 98 valence electrons. The quantitative estimate of drug-likeness (QED) is 0.851. The SMILES string of the molecule is NCCCN1C[C@H]2C[C@H](C1)c1cccc(=O)n1C2. The number of likely N-dealkylation sites (tertiary alicyclic amines) is 1. The van der Waals surface area contributed by atoms with E-state index in [0.717, 1.165) is 39.1 Å². The van der Waals surface area contributed by atoms with Gasteiger partial charge in [-0.05, 0) is 37.9 Å². The monoisotopic (exact) mass is 247 g/mol. The highest BCUT2D eigenvalue weighted by atomic mass is 16.1. The number of rotatable bonds is 3. The van der Waals surface area contributed by atoms with Crippen molar-refractivity contribution in [2.45, 2.75) is 25.3 Å². The van der Waals surface area contributed by atoms with Gasteiger partial charge in [0.1, 0.15) is 0 Å². The van der Waals surface area contributed by atoms with Crippen LogP contribution in [0.15, 0.2) is 23.0 Å². The van der Waals surface area contributed by atoms with Crippen molar-refractivity contribution in [2.75, 3.05) is 26.2 Å². The maximum Gasteiger partial charge on any atom is 0.250 e. The molecule has 0 aromatic carbocycles. The Morgan fingerprint density at radius 1 is 1.28 bits per heavy atom. The van der Waals surface area contributed by atoms with Gasteiger partial charge in [0, 0.05) is 37.3 Å². The molecule has 0 spiro atoms. The molecule has 2 aliphatic heterocycles. The summed E-state index contributed by atoms with van der Waals surface area (Å²) in [6, 6.07) is 5.69. The van der Waals surface area contributed by atoms with Gasteiger partial charge in [-0.25, -0.2) is 0 Å². The second-order valence-electron chi connectivity index (χ2n) is 5.60. The van der Waals surface area contributed by atoms with Gasteiger partial charge in [-0.1, -0.05) is 6.07 Å². The Hall–Kier alpha value is -1.13. The molecule has 1 fully saturated rings. The van der Waals surface area contributed by atoms with Gasteiger partial charge in [0.2, 0.25) is 0 Å². The normalized spacial score (nSPS) is 26.9. The summed E-state index contributed by atoms with van der Waals surface area (Å²) in [5, 5.41) is 0. The van der Waals surface area contributed by atoms with E-state index in [2.05, 4.69) is 11.0 Å². The largest absolute Gasteiger partial charge is 0.330 e. The van der Waals surface area contributed by atoms with Crippen LogP contribution in [0.4, 0.5) is 0 Å². The molecule has 3 rings (SSSR count). The van der Waals surface area contributed by atoms with Crippen LogP contribution in [0.2, 0.25) is 0 Å². The molecule has 2 bridgehead atoms. The third-order valence-corrected chi connectivity index (χ3v) is 4.23. The summed E-state index contributed by atoms with van der Waals surface area (Å²) in [7, 11) is 0. The zero-order valence-electron chi connectivity index (χ0n) is 10.7. The van der Waals surface area contributed by atoms with Crippen molar-refractivity contribution < 1.29 is 0 Å². The average molecular weight is 247 g/mol. The van der Waals surface area contributed by atoms with Gasteiger partial charge < -0.3 is 15.2 Å². The summed E-state index contributed by atoms with van der Waals surface area (Å²) >= 11 is 0. The minimum atomic E-state index is 0.164. The topological polar surface area (TPSA) is 51.3 Å². The van der Waals surface area contributed by atoms with Gasteiger partial charge in [0.05, 0.1) is 0 Å². The molecule has 1 aromatic rings.